The van der Waals surface area contributed by atoms with Crippen LogP contribution in [0.5, 0.6) is 0 Å². The predicted molar refractivity (Wildman–Crippen MR) is 99.5 cm³/mol. The highest BCUT2D eigenvalue weighted by molar-refractivity contribution is 14.0. The van der Waals surface area contributed by atoms with Crippen molar-refractivity contribution in [1.82, 2.24) is 10.6 Å². The standard InChI is InChI=1S/C17H25N3.HI/c1-18-16(19-12-14-8-9-14)20-13-17(10-5-11-17)15-6-3-2-4-7-15;/h2-4,6-7,14H,5,8-13H2,1H3,(H2,18,19,20);1H. The molecule has 21 heavy (non-hydrogen) atoms. The van der Waals surface area contributed by atoms with Crippen LogP contribution < -0.4 is 10.6 Å². The first-order chi connectivity index (χ1) is 9.82. The molecule has 0 atom stereocenters. The number of halogens is 1. The first-order valence-electron chi connectivity index (χ1n) is 7.82. The number of nitrogens with one attached hydrogen (secondary N) is 2. The van der Waals surface area contributed by atoms with Gasteiger partial charge in [0.1, 0.15) is 0 Å². The lowest BCUT2D eigenvalue weighted by atomic mass is 9.64. The van der Waals surface area contributed by atoms with E-state index in [4.69, 9.17) is 0 Å². The van der Waals surface area contributed by atoms with Crippen molar-refractivity contribution in [2.75, 3.05) is 20.1 Å². The lowest BCUT2D eigenvalue weighted by Gasteiger charge is -2.43. The maximum absolute atomic E-state index is 4.34. The van der Waals surface area contributed by atoms with Gasteiger partial charge in [-0.25, -0.2) is 0 Å². The van der Waals surface area contributed by atoms with Gasteiger partial charge in [0.2, 0.25) is 0 Å². The second-order valence-electron chi connectivity index (χ2n) is 6.25. The minimum Gasteiger partial charge on any atom is -0.356 e. The van der Waals surface area contributed by atoms with E-state index in [2.05, 4.69) is 46.0 Å². The molecule has 0 aromatic heterocycles. The highest BCUT2D eigenvalue weighted by Gasteiger charge is 2.38. The fourth-order valence-corrected chi connectivity index (χ4v) is 3.00. The summed E-state index contributed by atoms with van der Waals surface area (Å²) < 4.78 is 0. The molecule has 0 bridgehead atoms. The Morgan fingerprint density at radius 1 is 1.19 bits per heavy atom. The molecule has 116 valence electrons. The zero-order valence-electron chi connectivity index (χ0n) is 12.8. The molecule has 2 fully saturated rings. The molecular formula is C17H26IN3. The van der Waals surface area contributed by atoms with Crippen molar-refractivity contribution in [3.63, 3.8) is 0 Å². The summed E-state index contributed by atoms with van der Waals surface area (Å²) in [4.78, 5) is 4.34. The molecule has 0 unspecified atom stereocenters. The van der Waals surface area contributed by atoms with Crippen molar-refractivity contribution in [2.45, 2.75) is 37.5 Å². The topological polar surface area (TPSA) is 36.4 Å². The van der Waals surface area contributed by atoms with Crippen LogP contribution in [0.4, 0.5) is 0 Å². The average Bonchev–Trinajstić information content (AvgIpc) is 3.26. The quantitative estimate of drug-likeness (QED) is 0.453. The largest absolute Gasteiger partial charge is 0.356 e. The summed E-state index contributed by atoms with van der Waals surface area (Å²) in [6.07, 6.45) is 6.65. The van der Waals surface area contributed by atoms with Crippen molar-refractivity contribution < 1.29 is 0 Å². The molecule has 0 aliphatic heterocycles. The monoisotopic (exact) mass is 399 g/mol. The highest BCUT2D eigenvalue weighted by Crippen LogP contribution is 2.43. The molecule has 4 heteroatoms. The Hall–Kier alpha value is -0.780. The Labute approximate surface area is 145 Å². The molecule has 3 nitrogen and oxygen atoms in total. The van der Waals surface area contributed by atoms with E-state index in [1.807, 2.05) is 7.05 Å². The van der Waals surface area contributed by atoms with Gasteiger partial charge in [-0.15, -0.1) is 24.0 Å². The van der Waals surface area contributed by atoms with Crippen LogP contribution in [0.2, 0.25) is 0 Å². The van der Waals surface area contributed by atoms with Gasteiger partial charge >= 0.3 is 0 Å². The van der Waals surface area contributed by atoms with Crippen molar-refractivity contribution in [2.24, 2.45) is 10.9 Å². The fraction of sp³-hybridized carbons (Fsp3) is 0.588. The number of guanidine groups is 1. The molecule has 2 aliphatic carbocycles. The number of nitrogens with zero attached hydrogens (tertiary/aromatic N) is 1. The number of benzene rings is 1. The van der Waals surface area contributed by atoms with Gasteiger partial charge in [-0.1, -0.05) is 36.8 Å². The van der Waals surface area contributed by atoms with Crippen LogP contribution in [-0.4, -0.2) is 26.1 Å². The zero-order chi connectivity index (χ0) is 13.8. The van der Waals surface area contributed by atoms with Crippen LogP contribution in [0.3, 0.4) is 0 Å². The van der Waals surface area contributed by atoms with Gasteiger partial charge in [0, 0.05) is 25.6 Å². The molecule has 2 N–H and O–H groups in total. The Balaban J connectivity index is 0.00000161. The van der Waals surface area contributed by atoms with E-state index in [0.717, 1.165) is 25.0 Å². The van der Waals surface area contributed by atoms with Crippen LogP contribution in [0.25, 0.3) is 0 Å². The van der Waals surface area contributed by atoms with Gasteiger partial charge in [0.05, 0.1) is 0 Å². The zero-order valence-corrected chi connectivity index (χ0v) is 15.1. The van der Waals surface area contributed by atoms with Gasteiger partial charge in [0.25, 0.3) is 0 Å². The maximum Gasteiger partial charge on any atom is 0.191 e. The second-order valence-corrected chi connectivity index (χ2v) is 6.25. The Morgan fingerprint density at radius 3 is 2.43 bits per heavy atom. The number of aliphatic imine (C=N–C) groups is 1. The van der Waals surface area contributed by atoms with E-state index in [1.54, 1.807) is 0 Å². The van der Waals surface area contributed by atoms with Gasteiger partial charge in [0.15, 0.2) is 5.96 Å². The molecule has 0 radical (unpaired) electrons. The normalized spacial score (nSPS) is 20.1. The number of rotatable bonds is 5. The first-order valence-corrected chi connectivity index (χ1v) is 7.82. The summed E-state index contributed by atoms with van der Waals surface area (Å²) in [6, 6.07) is 10.9. The Kier molecular flexibility index (Phi) is 5.90. The van der Waals surface area contributed by atoms with Gasteiger partial charge in [-0.3, -0.25) is 4.99 Å². The van der Waals surface area contributed by atoms with Gasteiger partial charge in [-0.05, 0) is 37.2 Å². The summed E-state index contributed by atoms with van der Waals surface area (Å²) in [6.45, 7) is 2.05. The molecule has 2 aliphatic rings. The molecule has 1 aromatic carbocycles. The second kappa shape index (κ2) is 7.47. The van der Waals surface area contributed by atoms with Crippen LogP contribution in [0, 0.1) is 5.92 Å². The van der Waals surface area contributed by atoms with E-state index < -0.39 is 0 Å². The molecule has 3 rings (SSSR count). The van der Waals surface area contributed by atoms with Crippen LogP contribution >= 0.6 is 24.0 Å². The summed E-state index contributed by atoms with van der Waals surface area (Å²) in [5.41, 5.74) is 1.79. The Bertz CT molecular complexity index is 464. The van der Waals surface area contributed by atoms with E-state index in [-0.39, 0.29) is 24.0 Å². The van der Waals surface area contributed by atoms with E-state index in [9.17, 15) is 0 Å². The molecule has 0 spiro atoms. The predicted octanol–water partition coefficient (Wildman–Crippen LogP) is 3.30. The molecule has 1 aromatic rings. The van der Waals surface area contributed by atoms with Crippen molar-refractivity contribution in [3.05, 3.63) is 35.9 Å². The number of hydrogen-bond donors (Lipinski definition) is 2. The lowest BCUT2D eigenvalue weighted by molar-refractivity contribution is 0.244. The van der Waals surface area contributed by atoms with Crippen LogP contribution in [-0.2, 0) is 5.41 Å². The van der Waals surface area contributed by atoms with Crippen LogP contribution in [0.1, 0.15) is 37.7 Å². The summed E-state index contributed by atoms with van der Waals surface area (Å²) >= 11 is 0. The third-order valence-electron chi connectivity index (χ3n) is 4.77. The van der Waals surface area contributed by atoms with Gasteiger partial charge in [-0.2, -0.15) is 0 Å². The van der Waals surface area contributed by atoms with E-state index in [1.165, 1.54) is 37.7 Å². The smallest absolute Gasteiger partial charge is 0.191 e. The minimum absolute atomic E-state index is 0. The van der Waals surface area contributed by atoms with Gasteiger partial charge < -0.3 is 10.6 Å². The molecular weight excluding hydrogens is 373 g/mol. The summed E-state index contributed by atoms with van der Waals surface area (Å²) in [5, 5.41) is 6.98. The van der Waals surface area contributed by atoms with Crippen molar-refractivity contribution in [1.29, 1.82) is 0 Å². The van der Waals surface area contributed by atoms with Crippen molar-refractivity contribution >= 4 is 29.9 Å². The third kappa shape index (κ3) is 4.11. The molecule has 0 saturated heterocycles. The number of hydrogen-bond acceptors (Lipinski definition) is 1. The third-order valence-corrected chi connectivity index (χ3v) is 4.77. The highest BCUT2D eigenvalue weighted by atomic mass is 127. The molecule has 0 heterocycles. The molecule has 0 amide bonds. The van der Waals surface area contributed by atoms with E-state index in [0.29, 0.717) is 5.41 Å². The Morgan fingerprint density at radius 2 is 1.90 bits per heavy atom. The average molecular weight is 399 g/mol. The molecule has 2 saturated carbocycles. The SMILES string of the molecule is CN=C(NCC1CC1)NCC1(c2ccccc2)CCC1.I. The first kappa shape index (κ1) is 16.6. The van der Waals surface area contributed by atoms with Crippen molar-refractivity contribution in [3.8, 4) is 0 Å². The fourth-order valence-electron chi connectivity index (χ4n) is 3.00. The van der Waals surface area contributed by atoms with Crippen LogP contribution in [0.15, 0.2) is 35.3 Å². The maximum atomic E-state index is 4.34. The summed E-state index contributed by atoms with van der Waals surface area (Å²) in [7, 11) is 1.86. The lowest BCUT2D eigenvalue weighted by Crippen LogP contribution is -2.49. The summed E-state index contributed by atoms with van der Waals surface area (Å²) in [5.74, 6) is 1.83. The minimum atomic E-state index is 0. The van der Waals surface area contributed by atoms with E-state index >= 15 is 0 Å².